The normalized spacial score (nSPS) is 28.3. The molecule has 2 aromatic carbocycles. The smallest absolute Gasteiger partial charge is 0.0832 e. The number of hydrogen-bond donors (Lipinski definition) is 1. The molecule has 1 heterocycles. The van der Waals surface area contributed by atoms with Crippen molar-refractivity contribution in [2.24, 2.45) is 5.92 Å². The van der Waals surface area contributed by atoms with Crippen LogP contribution < -0.4 is 5.73 Å². The lowest BCUT2D eigenvalue weighted by atomic mass is 9.75. The maximum absolute atomic E-state index is 4.11. The highest BCUT2D eigenvalue weighted by Gasteiger charge is 2.48. The van der Waals surface area contributed by atoms with Gasteiger partial charge in [0.15, 0.2) is 0 Å². The Balaban J connectivity index is 1.79. The minimum absolute atomic E-state index is 0.302. The van der Waals surface area contributed by atoms with Crippen molar-refractivity contribution in [2.45, 2.75) is 35.7 Å². The first-order chi connectivity index (χ1) is 12.8. The second kappa shape index (κ2) is 8.24. The largest absolute Gasteiger partial charge is 0.357 e. The molecule has 3 N–H and O–H groups in total. The summed E-state index contributed by atoms with van der Waals surface area (Å²) >= 11 is 4.34. The van der Waals surface area contributed by atoms with Crippen molar-refractivity contribution in [1.29, 1.82) is 0 Å². The highest BCUT2D eigenvalue weighted by atomic mass is 32.2. The lowest BCUT2D eigenvalue weighted by Crippen LogP contribution is -2.52. The topological polar surface area (TPSA) is 27.6 Å². The molecule has 0 unspecified atom stereocenters. The number of allylic oxidation sites excluding steroid dienone is 1. The third-order valence-corrected chi connectivity index (χ3v) is 9.17. The molecule has 0 spiro atoms. The van der Waals surface area contributed by atoms with Crippen molar-refractivity contribution < 1.29 is 5.73 Å². The monoisotopic (exact) mass is 382 g/mol. The Morgan fingerprint density at radius 1 is 1.00 bits per heavy atom. The van der Waals surface area contributed by atoms with E-state index in [0.717, 1.165) is 12.3 Å². The quantitative estimate of drug-likeness (QED) is 0.748. The Kier molecular flexibility index (Phi) is 5.78. The highest BCUT2D eigenvalue weighted by Crippen LogP contribution is 2.63. The van der Waals surface area contributed by atoms with Crippen LogP contribution in [0.5, 0.6) is 0 Å². The first-order valence-electron chi connectivity index (χ1n) is 9.77. The summed E-state index contributed by atoms with van der Waals surface area (Å²) < 4.78 is 0.302. The van der Waals surface area contributed by atoms with Crippen molar-refractivity contribution in [3.63, 3.8) is 0 Å². The summed E-state index contributed by atoms with van der Waals surface area (Å²) in [6.07, 6.45) is 7.96. The summed E-state index contributed by atoms with van der Waals surface area (Å²) in [4.78, 5) is 1.47. The van der Waals surface area contributed by atoms with Gasteiger partial charge in [-0.05, 0) is 29.9 Å². The standard InChI is InChI=1S/C23H27NS2/c24-15-16-25-23-14-8-7-13-21(23)20(18-9-3-1-4-10-18)17-22(26-23)19-11-5-2-6-12-19/h1-6,9-12,17,20-21H,7-8,13-16,24H2/p+1/t20-,21-,23-/m1/s1. The molecule has 1 fully saturated rings. The van der Waals surface area contributed by atoms with Gasteiger partial charge in [-0.2, -0.15) is 0 Å². The molecule has 2 aliphatic rings. The molecule has 0 bridgehead atoms. The van der Waals surface area contributed by atoms with Gasteiger partial charge in [0.1, 0.15) is 0 Å². The van der Waals surface area contributed by atoms with E-state index in [9.17, 15) is 0 Å². The van der Waals surface area contributed by atoms with Crippen molar-refractivity contribution >= 4 is 28.4 Å². The van der Waals surface area contributed by atoms with Gasteiger partial charge in [-0.25, -0.2) is 0 Å². The average Bonchev–Trinajstić information content (AvgIpc) is 2.72. The van der Waals surface area contributed by atoms with Crippen LogP contribution >= 0.6 is 23.5 Å². The summed E-state index contributed by atoms with van der Waals surface area (Å²) in [5.74, 6) is 2.39. The van der Waals surface area contributed by atoms with E-state index in [-0.39, 0.29) is 0 Å². The van der Waals surface area contributed by atoms with E-state index in [1.165, 1.54) is 41.7 Å². The number of benzene rings is 2. The molecule has 26 heavy (non-hydrogen) atoms. The second-order valence-corrected chi connectivity index (χ2v) is 10.4. The predicted octanol–water partition coefficient (Wildman–Crippen LogP) is 5.42. The van der Waals surface area contributed by atoms with Crippen molar-refractivity contribution in [2.75, 3.05) is 12.3 Å². The van der Waals surface area contributed by atoms with Crippen LogP contribution in [-0.2, 0) is 0 Å². The van der Waals surface area contributed by atoms with Crippen molar-refractivity contribution in [1.82, 2.24) is 0 Å². The summed E-state index contributed by atoms with van der Waals surface area (Å²) in [7, 11) is 0. The van der Waals surface area contributed by atoms with Gasteiger partial charge in [0.25, 0.3) is 0 Å². The highest BCUT2D eigenvalue weighted by molar-refractivity contribution is 8.22. The van der Waals surface area contributed by atoms with E-state index in [4.69, 9.17) is 0 Å². The van der Waals surface area contributed by atoms with Crippen LogP contribution in [0.1, 0.15) is 42.7 Å². The molecule has 0 radical (unpaired) electrons. The number of fused-ring (bicyclic) bond motifs is 1. The van der Waals surface area contributed by atoms with E-state index in [1.807, 2.05) is 0 Å². The summed E-state index contributed by atoms with van der Waals surface area (Å²) in [5, 5.41) is 0. The molecule has 0 aromatic heterocycles. The first-order valence-corrected chi connectivity index (χ1v) is 11.6. The van der Waals surface area contributed by atoms with E-state index < -0.39 is 0 Å². The summed E-state index contributed by atoms with van der Waals surface area (Å²) in [6, 6.07) is 22.1. The van der Waals surface area contributed by atoms with Gasteiger partial charge in [-0.15, -0.1) is 23.5 Å². The Hall–Kier alpha value is -1.16. The van der Waals surface area contributed by atoms with Crippen molar-refractivity contribution in [3.05, 3.63) is 77.9 Å². The van der Waals surface area contributed by atoms with Crippen LogP contribution in [0.3, 0.4) is 0 Å². The molecule has 1 aliphatic carbocycles. The van der Waals surface area contributed by atoms with Crippen LogP contribution in [0.25, 0.3) is 4.91 Å². The fraction of sp³-hybridized carbons (Fsp3) is 0.391. The SMILES string of the molecule is [NH3+]CCS[C@@]12CCCC[C@@H]1[C@@H](c1ccccc1)C=C(c1ccccc1)S2. The minimum atomic E-state index is 0.302. The molecular weight excluding hydrogens is 354 g/mol. The molecule has 4 rings (SSSR count). The van der Waals surface area contributed by atoms with E-state index in [2.05, 4.69) is 96.0 Å². The number of thioether (sulfide) groups is 2. The zero-order chi connectivity index (χ0) is 17.8. The van der Waals surface area contributed by atoms with E-state index in [0.29, 0.717) is 15.9 Å². The van der Waals surface area contributed by atoms with Gasteiger partial charge in [0.2, 0.25) is 0 Å². The predicted molar refractivity (Wildman–Crippen MR) is 116 cm³/mol. The van der Waals surface area contributed by atoms with Crippen LogP contribution in [0, 0.1) is 5.92 Å². The van der Waals surface area contributed by atoms with Gasteiger partial charge in [0, 0.05) is 16.6 Å². The third kappa shape index (κ3) is 3.62. The molecule has 2 aromatic rings. The molecule has 0 amide bonds. The molecule has 136 valence electrons. The lowest BCUT2D eigenvalue weighted by molar-refractivity contribution is -0.360. The van der Waals surface area contributed by atoms with Gasteiger partial charge in [-0.3, -0.25) is 0 Å². The summed E-state index contributed by atoms with van der Waals surface area (Å²) in [6.45, 7) is 1.01. The Bertz CT molecular complexity index is 743. The number of rotatable bonds is 5. The molecule has 1 aliphatic heterocycles. The molecular formula is C23H28NS2+. The number of hydrogen-bond acceptors (Lipinski definition) is 2. The molecule has 3 heteroatoms. The molecule has 3 atom stereocenters. The van der Waals surface area contributed by atoms with Gasteiger partial charge in [0.05, 0.1) is 10.6 Å². The van der Waals surface area contributed by atoms with Crippen LogP contribution in [-0.4, -0.2) is 16.4 Å². The van der Waals surface area contributed by atoms with Crippen LogP contribution in [0.2, 0.25) is 0 Å². The maximum atomic E-state index is 4.11. The van der Waals surface area contributed by atoms with Crippen LogP contribution in [0.4, 0.5) is 0 Å². The van der Waals surface area contributed by atoms with Crippen molar-refractivity contribution in [3.8, 4) is 0 Å². The zero-order valence-corrected chi connectivity index (χ0v) is 16.9. The average molecular weight is 383 g/mol. The van der Waals surface area contributed by atoms with Gasteiger partial charge < -0.3 is 5.73 Å². The van der Waals surface area contributed by atoms with Gasteiger partial charge in [-0.1, -0.05) is 79.6 Å². The maximum Gasteiger partial charge on any atom is 0.0832 e. The Morgan fingerprint density at radius 2 is 1.73 bits per heavy atom. The second-order valence-electron chi connectivity index (χ2n) is 7.30. The third-order valence-electron chi connectivity index (χ3n) is 5.64. The van der Waals surface area contributed by atoms with Gasteiger partial charge >= 0.3 is 0 Å². The van der Waals surface area contributed by atoms with Crippen LogP contribution in [0.15, 0.2) is 66.7 Å². The Labute approximate surface area is 165 Å². The fourth-order valence-corrected chi connectivity index (χ4v) is 7.95. The molecule has 1 nitrogen and oxygen atoms in total. The molecule has 1 saturated carbocycles. The van der Waals surface area contributed by atoms with E-state index >= 15 is 0 Å². The van der Waals surface area contributed by atoms with E-state index in [1.54, 1.807) is 0 Å². The minimum Gasteiger partial charge on any atom is -0.357 e. The summed E-state index contributed by atoms with van der Waals surface area (Å²) in [5.41, 5.74) is 6.97. The fourth-order valence-electron chi connectivity index (χ4n) is 4.44. The molecule has 0 saturated heterocycles. The zero-order valence-electron chi connectivity index (χ0n) is 15.3. The lowest BCUT2D eigenvalue weighted by Gasteiger charge is -2.49. The Morgan fingerprint density at radius 3 is 2.46 bits per heavy atom. The number of quaternary nitrogens is 1. The first kappa shape index (κ1) is 18.2.